The van der Waals surface area contributed by atoms with Crippen LogP contribution < -0.4 is 0 Å². The third-order valence-corrected chi connectivity index (χ3v) is 10.3. The van der Waals surface area contributed by atoms with Gasteiger partial charge in [-0.05, 0) is 53.6 Å². The van der Waals surface area contributed by atoms with Crippen LogP contribution in [0.1, 0.15) is 0 Å². The molecule has 4 heterocycles. The SMILES string of the molecule is c1ccc(-c2nc(-c3ccccc3)nc(-c3cccc(-c4ccc(-n5c6ccccc6c6c7ccn8c9ccccc9c(cc65)c78)cc4)c3)n2)cc1. The molecule has 0 bridgehead atoms. The fourth-order valence-corrected chi connectivity index (χ4v) is 7.97. The molecule has 0 radical (unpaired) electrons. The first kappa shape index (κ1) is 28.7. The van der Waals surface area contributed by atoms with Crippen LogP contribution in [0.2, 0.25) is 0 Å². The summed E-state index contributed by atoms with van der Waals surface area (Å²) in [5, 5.41) is 6.40. The minimum Gasteiger partial charge on any atom is -0.315 e. The topological polar surface area (TPSA) is 48.0 Å². The molecule has 0 atom stereocenters. The summed E-state index contributed by atoms with van der Waals surface area (Å²) in [6.45, 7) is 0. The van der Waals surface area contributed by atoms with E-state index in [1.54, 1.807) is 0 Å². The van der Waals surface area contributed by atoms with Crippen molar-refractivity contribution in [1.82, 2.24) is 23.9 Å². The molecule has 7 aromatic carbocycles. The predicted octanol–water partition coefficient (Wildman–Crippen LogP) is 11.6. The number of para-hydroxylation sites is 2. The second kappa shape index (κ2) is 11.2. The van der Waals surface area contributed by atoms with Crippen LogP contribution in [0.25, 0.3) is 100.0 Å². The van der Waals surface area contributed by atoms with Crippen molar-refractivity contribution >= 4 is 49.0 Å². The second-order valence-corrected chi connectivity index (χ2v) is 13.3. The van der Waals surface area contributed by atoms with Gasteiger partial charge in [0.05, 0.1) is 22.1 Å². The van der Waals surface area contributed by atoms with E-state index in [4.69, 9.17) is 15.0 Å². The van der Waals surface area contributed by atoms with E-state index in [1.807, 2.05) is 60.7 Å². The fraction of sp³-hybridized carbons (Fsp3) is 0. The zero-order valence-corrected chi connectivity index (χ0v) is 28.0. The minimum absolute atomic E-state index is 0.645. The van der Waals surface area contributed by atoms with Crippen LogP contribution in [0, 0.1) is 0 Å². The summed E-state index contributed by atoms with van der Waals surface area (Å²) in [7, 11) is 0. The Morgan fingerprint density at radius 2 is 0.923 bits per heavy atom. The maximum atomic E-state index is 4.96. The molecule has 0 amide bonds. The van der Waals surface area contributed by atoms with Crippen molar-refractivity contribution in [1.29, 1.82) is 0 Å². The van der Waals surface area contributed by atoms with Crippen LogP contribution in [-0.2, 0) is 0 Å². The summed E-state index contributed by atoms with van der Waals surface area (Å²) in [6, 6.07) is 59.7. The number of hydrogen-bond donors (Lipinski definition) is 0. The van der Waals surface area contributed by atoms with E-state index in [1.165, 1.54) is 49.0 Å². The van der Waals surface area contributed by atoms with Gasteiger partial charge < -0.3 is 8.97 Å². The van der Waals surface area contributed by atoms with E-state index in [2.05, 4.69) is 124 Å². The van der Waals surface area contributed by atoms with Crippen LogP contribution >= 0.6 is 0 Å². The van der Waals surface area contributed by atoms with Crippen LogP contribution in [0.15, 0.2) is 176 Å². The molecule has 0 aliphatic heterocycles. The van der Waals surface area contributed by atoms with E-state index in [-0.39, 0.29) is 0 Å². The van der Waals surface area contributed by atoms with E-state index in [0.717, 1.165) is 33.5 Å². The highest BCUT2D eigenvalue weighted by Crippen LogP contribution is 2.43. The molecule has 0 N–H and O–H groups in total. The Labute approximate surface area is 299 Å². The van der Waals surface area contributed by atoms with E-state index in [0.29, 0.717) is 17.5 Å². The van der Waals surface area contributed by atoms with Gasteiger partial charge in [-0.25, -0.2) is 15.0 Å². The number of nitrogens with zero attached hydrogens (tertiary/aromatic N) is 5. The van der Waals surface area contributed by atoms with Crippen molar-refractivity contribution in [3.63, 3.8) is 0 Å². The molecule has 0 fully saturated rings. The molecule has 0 saturated carbocycles. The molecule has 0 saturated heterocycles. The van der Waals surface area contributed by atoms with Gasteiger partial charge in [-0.1, -0.05) is 127 Å². The molecule has 4 aromatic heterocycles. The first-order valence-electron chi connectivity index (χ1n) is 17.5. The lowest BCUT2D eigenvalue weighted by molar-refractivity contribution is 1.07. The lowest BCUT2D eigenvalue weighted by atomic mass is 10.0. The molecular weight excluding hydrogens is 635 g/mol. The van der Waals surface area contributed by atoms with Gasteiger partial charge in [0.15, 0.2) is 17.5 Å². The Balaban J connectivity index is 1.03. The Hall–Kier alpha value is -7.11. The van der Waals surface area contributed by atoms with E-state index >= 15 is 0 Å². The van der Waals surface area contributed by atoms with Gasteiger partial charge in [0.25, 0.3) is 0 Å². The largest absolute Gasteiger partial charge is 0.315 e. The lowest BCUT2D eigenvalue weighted by Gasteiger charge is -2.11. The normalized spacial score (nSPS) is 11.8. The monoisotopic (exact) mass is 663 g/mol. The molecule has 242 valence electrons. The zero-order chi connectivity index (χ0) is 34.2. The summed E-state index contributed by atoms with van der Waals surface area (Å²) < 4.78 is 4.76. The van der Waals surface area contributed by atoms with Crippen LogP contribution in [0.5, 0.6) is 0 Å². The van der Waals surface area contributed by atoms with Gasteiger partial charge in [0.1, 0.15) is 0 Å². The molecule has 52 heavy (non-hydrogen) atoms. The van der Waals surface area contributed by atoms with Crippen LogP contribution in [0.3, 0.4) is 0 Å². The summed E-state index contributed by atoms with van der Waals surface area (Å²) in [6.07, 6.45) is 2.22. The van der Waals surface area contributed by atoms with Crippen molar-refractivity contribution in [2.45, 2.75) is 0 Å². The van der Waals surface area contributed by atoms with Crippen molar-refractivity contribution in [2.24, 2.45) is 0 Å². The Morgan fingerprint density at radius 3 is 1.63 bits per heavy atom. The van der Waals surface area contributed by atoms with Crippen molar-refractivity contribution in [2.75, 3.05) is 0 Å². The lowest BCUT2D eigenvalue weighted by Crippen LogP contribution is -2.00. The number of rotatable bonds is 5. The Morgan fingerprint density at radius 1 is 0.346 bits per heavy atom. The second-order valence-electron chi connectivity index (χ2n) is 13.3. The minimum atomic E-state index is 0.645. The highest BCUT2D eigenvalue weighted by molar-refractivity contribution is 6.28. The highest BCUT2D eigenvalue weighted by atomic mass is 15.0. The van der Waals surface area contributed by atoms with E-state index < -0.39 is 0 Å². The standard InChI is InChI=1S/C47H29N5/c1-3-12-31(13-4-1)45-48-46(32-14-5-2-6-15-32)50-47(49-45)34-17-11-16-33(28-34)30-22-24-35(25-23-30)52-41-21-10-8-19-37(41)43-38-26-27-51-40-20-9-7-18-36(40)39(44(38)51)29-42(43)52/h1-29H. The maximum Gasteiger partial charge on any atom is 0.164 e. The predicted molar refractivity (Wildman–Crippen MR) is 213 cm³/mol. The molecule has 0 spiro atoms. The number of hydrogen-bond acceptors (Lipinski definition) is 3. The van der Waals surface area contributed by atoms with Gasteiger partial charge in [-0.15, -0.1) is 0 Å². The quantitative estimate of drug-likeness (QED) is 0.184. The van der Waals surface area contributed by atoms with Gasteiger partial charge in [-0.2, -0.15) is 0 Å². The van der Waals surface area contributed by atoms with Crippen molar-refractivity contribution < 1.29 is 0 Å². The average Bonchev–Trinajstić information content (AvgIpc) is 3.90. The maximum absolute atomic E-state index is 4.96. The molecule has 0 aliphatic carbocycles. The van der Waals surface area contributed by atoms with Crippen LogP contribution in [0.4, 0.5) is 0 Å². The van der Waals surface area contributed by atoms with E-state index in [9.17, 15) is 0 Å². The molecule has 5 heteroatoms. The zero-order valence-electron chi connectivity index (χ0n) is 28.0. The highest BCUT2D eigenvalue weighted by Gasteiger charge is 2.20. The van der Waals surface area contributed by atoms with Crippen LogP contribution in [-0.4, -0.2) is 23.9 Å². The summed E-state index contributed by atoms with van der Waals surface area (Å²) in [4.78, 5) is 14.8. The Kier molecular flexibility index (Phi) is 6.18. The molecule has 0 unspecified atom stereocenters. The summed E-state index contributed by atoms with van der Waals surface area (Å²) in [5.74, 6) is 1.95. The third kappa shape index (κ3) is 4.33. The van der Waals surface area contributed by atoms with Gasteiger partial charge in [0.2, 0.25) is 0 Å². The average molecular weight is 664 g/mol. The number of fused-ring (bicyclic) bond motifs is 7. The first-order chi connectivity index (χ1) is 25.8. The molecule has 11 rings (SSSR count). The first-order valence-corrected chi connectivity index (χ1v) is 17.5. The van der Waals surface area contributed by atoms with Gasteiger partial charge in [0, 0.05) is 55.5 Å². The molecule has 11 aromatic rings. The van der Waals surface area contributed by atoms with Gasteiger partial charge >= 0.3 is 0 Å². The third-order valence-electron chi connectivity index (χ3n) is 10.3. The fourth-order valence-electron chi connectivity index (χ4n) is 7.97. The molecular formula is C47H29N5. The molecule has 0 aliphatic rings. The Bertz CT molecular complexity index is 3050. The summed E-state index contributed by atoms with van der Waals surface area (Å²) >= 11 is 0. The summed E-state index contributed by atoms with van der Waals surface area (Å²) in [5.41, 5.74) is 11.1. The molecule has 5 nitrogen and oxygen atoms in total. The number of benzene rings is 7. The van der Waals surface area contributed by atoms with Crippen molar-refractivity contribution in [3.05, 3.63) is 176 Å². The number of aromatic nitrogens is 5. The van der Waals surface area contributed by atoms with Crippen molar-refractivity contribution in [3.8, 4) is 51.0 Å². The smallest absolute Gasteiger partial charge is 0.164 e. The van der Waals surface area contributed by atoms with Gasteiger partial charge in [-0.3, -0.25) is 0 Å².